The predicted molar refractivity (Wildman–Crippen MR) is 115 cm³/mol. The number of rotatable bonds is 5. The van der Waals surface area contributed by atoms with Crippen molar-refractivity contribution in [2.24, 2.45) is 7.05 Å². The summed E-state index contributed by atoms with van der Waals surface area (Å²) < 4.78 is 5.69. The second kappa shape index (κ2) is 7.90. The smallest absolute Gasteiger partial charge is 0.295 e. The molecule has 0 aliphatic heterocycles. The first-order valence-electron chi connectivity index (χ1n) is 9.63. The van der Waals surface area contributed by atoms with Crippen LogP contribution in [0.1, 0.15) is 18.7 Å². The molecule has 1 aromatic carbocycles. The highest BCUT2D eigenvalue weighted by molar-refractivity contribution is 5.93. The Bertz CT molecular complexity index is 1350. The monoisotopic (exact) mass is 419 g/mol. The van der Waals surface area contributed by atoms with Crippen molar-refractivity contribution in [3.8, 4) is 11.5 Å². The quantitative estimate of drug-likeness (QED) is 0.526. The van der Waals surface area contributed by atoms with Gasteiger partial charge in [-0.25, -0.2) is 14.0 Å². The van der Waals surface area contributed by atoms with E-state index in [2.05, 4.69) is 15.5 Å². The average molecular weight is 419 g/mol. The molecule has 10 nitrogen and oxygen atoms in total. The van der Waals surface area contributed by atoms with Crippen molar-refractivity contribution in [2.45, 2.75) is 19.9 Å². The normalized spacial score (nSPS) is 12.0. The van der Waals surface area contributed by atoms with Crippen molar-refractivity contribution in [3.63, 3.8) is 0 Å². The second-order valence-corrected chi connectivity index (χ2v) is 7.03. The number of amides is 1. The molecule has 4 aromatic rings. The highest BCUT2D eigenvalue weighted by atomic mass is 16.2. The summed E-state index contributed by atoms with van der Waals surface area (Å²) >= 11 is 0. The molecule has 0 fully saturated rings. The molecule has 31 heavy (non-hydrogen) atoms. The first-order chi connectivity index (χ1) is 14.9. The Balaban J connectivity index is 1.66. The number of nitrogens with zero attached hydrogens (tertiary/aromatic N) is 6. The molecule has 4 rings (SSSR count). The molecule has 0 saturated heterocycles. The number of nitrogens with one attached hydrogen (secondary N) is 1. The van der Waals surface area contributed by atoms with Gasteiger partial charge in [0.15, 0.2) is 5.82 Å². The maximum absolute atomic E-state index is 13.0. The summed E-state index contributed by atoms with van der Waals surface area (Å²) in [6, 6.07) is 12.7. The van der Waals surface area contributed by atoms with Gasteiger partial charge < -0.3 is 5.32 Å². The van der Waals surface area contributed by atoms with Crippen LogP contribution in [0.5, 0.6) is 0 Å². The van der Waals surface area contributed by atoms with E-state index in [1.54, 1.807) is 56.2 Å². The Morgan fingerprint density at radius 3 is 2.48 bits per heavy atom. The van der Waals surface area contributed by atoms with Crippen LogP contribution in [0.2, 0.25) is 0 Å². The lowest BCUT2D eigenvalue weighted by Gasteiger charge is -2.14. The molecule has 1 atom stereocenters. The van der Waals surface area contributed by atoms with Gasteiger partial charge in [0.25, 0.3) is 11.1 Å². The van der Waals surface area contributed by atoms with Crippen LogP contribution in [0.4, 0.5) is 5.69 Å². The molecule has 0 saturated carbocycles. The van der Waals surface area contributed by atoms with Gasteiger partial charge >= 0.3 is 0 Å². The number of hydrogen-bond acceptors (Lipinski definition) is 5. The molecule has 0 radical (unpaired) electrons. The third-order valence-corrected chi connectivity index (χ3v) is 5.10. The summed E-state index contributed by atoms with van der Waals surface area (Å²) in [5.41, 5.74) is 0.610. The van der Waals surface area contributed by atoms with Crippen LogP contribution in [0, 0.1) is 6.92 Å². The van der Waals surface area contributed by atoms with Gasteiger partial charge in [-0.1, -0.05) is 18.2 Å². The van der Waals surface area contributed by atoms with Crippen LogP contribution in [0.25, 0.3) is 11.5 Å². The lowest BCUT2D eigenvalue weighted by atomic mass is 10.3. The van der Waals surface area contributed by atoms with Crippen molar-refractivity contribution in [3.05, 3.63) is 87.3 Å². The van der Waals surface area contributed by atoms with Crippen LogP contribution in [-0.4, -0.2) is 34.8 Å². The van der Waals surface area contributed by atoms with Gasteiger partial charge in [0.2, 0.25) is 5.91 Å². The van der Waals surface area contributed by atoms with Crippen molar-refractivity contribution in [1.29, 1.82) is 0 Å². The number of anilines is 1. The van der Waals surface area contributed by atoms with Crippen molar-refractivity contribution in [2.75, 3.05) is 5.32 Å². The molecule has 0 bridgehead atoms. The minimum atomic E-state index is -0.952. The summed E-state index contributed by atoms with van der Waals surface area (Å²) in [5.74, 6) is -0.134. The fourth-order valence-electron chi connectivity index (χ4n) is 3.27. The molecule has 0 aliphatic rings. The van der Waals surface area contributed by atoms with E-state index >= 15 is 0 Å². The Morgan fingerprint density at radius 1 is 1.06 bits per heavy atom. The summed E-state index contributed by atoms with van der Waals surface area (Å²) in [4.78, 5) is 38.3. The Labute approximate surface area is 177 Å². The minimum absolute atomic E-state index is 0.152. The molecule has 3 heterocycles. The Hall–Kier alpha value is -4.21. The largest absolute Gasteiger partial charge is 0.318 e. The van der Waals surface area contributed by atoms with E-state index in [0.717, 1.165) is 4.68 Å². The molecule has 0 aliphatic carbocycles. The van der Waals surface area contributed by atoms with E-state index in [-0.39, 0.29) is 11.2 Å². The van der Waals surface area contributed by atoms with Crippen molar-refractivity contribution >= 4 is 11.6 Å². The van der Waals surface area contributed by atoms with E-state index in [9.17, 15) is 14.4 Å². The third kappa shape index (κ3) is 3.59. The second-order valence-electron chi connectivity index (χ2n) is 7.03. The van der Waals surface area contributed by atoms with Gasteiger partial charge in [-0.15, -0.1) is 5.10 Å². The van der Waals surface area contributed by atoms with E-state index in [4.69, 9.17) is 0 Å². The van der Waals surface area contributed by atoms with Crippen LogP contribution in [-0.2, 0) is 11.8 Å². The molecule has 1 N–H and O–H groups in total. The van der Waals surface area contributed by atoms with Crippen LogP contribution in [0.3, 0.4) is 0 Å². The number of carbonyl (C=O) groups excluding carboxylic acids is 1. The molecule has 3 aromatic heterocycles. The molecular formula is C21H21N7O3. The number of aromatic nitrogens is 6. The fraction of sp³-hybridized carbons (Fsp3) is 0.190. The Kier molecular flexibility index (Phi) is 5.12. The lowest BCUT2D eigenvalue weighted by Crippen LogP contribution is -2.34. The highest BCUT2D eigenvalue weighted by Gasteiger charge is 2.23. The van der Waals surface area contributed by atoms with Crippen LogP contribution >= 0.6 is 0 Å². The van der Waals surface area contributed by atoms with E-state index in [0.29, 0.717) is 17.2 Å². The SMILES string of the molecule is Cc1c(NC(=O)C(C)n2nc(-n3cccn3)ccc2=O)c(=O)n(-c2ccccc2)n1C. The zero-order chi connectivity index (χ0) is 22.1. The van der Waals surface area contributed by atoms with Gasteiger partial charge in [-0.2, -0.15) is 5.10 Å². The van der Waals surface area contributed by atoms with E-state index in [1.165, 1.54) is 21.5 Å². The number of carbonyl (C=O) groups is 1. The Morgan fingerprint density at radius 2 is 1.81 bits per heavy atom. The number of benzene rings is 1. The van der Waals surface area contributed by atoms with Crippen LogP contribution < -0.4 is 16.4 Å². The van der Waals surface area contributed by atoms with E-state index in [1.807, 2.05) is 18.2 Å². The standard InChI is InChI=1S/C21H21N7O3/c1-14-19(21(31)28(25(14)3)16-8-5-4-6-9-16)23-20(30)15(2)27-18(29)11-10-17(24-27)26-13-7-12-22-26/h4-13,15H,1-3H3,(H,23,30). The molecule has 1 unspecified atom stereocenters. The van der Waals surface area contributed by atoms with Gasteiger partial charge in [0, 0.05) is 25.5 Å². The average Bonchev–Trinajstić information content (AvgIpc) is 3.38. The molecule has 10 heteroatoms. The van der Waals surface area contributed by atoms with Gasteiger partial charge in [0.1, 0.15) is 11.7 Å². The predicted octanol–water partition coefficient (Wildman–Crippen LogP) is 1.43. The van der Waals surface area contributed by atoms with Crippen LogP contribution in [0.15, 0.2) is 70.5 Å². The molecule has 1 amide bonds. The summed E-state index contributed by atoms with van der Waals surface area (Å²) in [6.45, 7) is 3.29. The van der Waals surface area contributed by atoms with E-state index < -0.39 is 17.5 Å². The van der Waals surface area contributed by atoms with Gasteiger partial charge in [-0.05, 0) is 38.1 Å². The summed E-state index contributed by atoms with van der Waals surface area (Å²) in [5, 5.41) is 11.0. The zero-order valence-electron chi connectivity index (χ0n) is 17.3. The number of hydrogen-bond donors (Lipinski definition) is 1. The maximum Gasteiger partial charge on any atom is 0.295 e. The van der Waals surface area contributed by atoms with Crippen molar-refractivity contribution < 1.29 is 4.79 Å². The number of para-hydroxylation sites is 1. The minimum Gasteiger partial charge on any atom is -0.318 e. The topological polar surface area (TPSA) is 109 Å². The molecule has 0 spiro atoms. The highest BCUT2D eigenvalue weighted by Crippen LogP contribution is 2.15. The lowest BCUT2D eigenvalue weighted by molar-refractivity contribution is -0.119. The first kappa shape index (κ1) is 20.1. The maximum atomic E-state index is 13.0. The van der Waals surface area contributed by atoms with Gasteiger partial charge in [-0.3, -0.25) is 19.1 Å². The zero-order valence-corrected chi connectivity index (χ0v) is 17.3. The summed E-state index contributed by atoms with van der Waals surface area (Å²) in [7, 11) is 1.74. The first-order valence-corrected chi connectivity index (χ1v) is 9.63. The third-order valence-electron chi connectivity index (χ3n) is 5.10. The fourth-order valence-corrected chi connectivity index (χ4v) is 3.27. The summed E-state index contributed by atoms with van der Waals surface area (Å²) in [6.07, 6.45) is 3.27. The molecule has 158 valence electrons. The van der Waals surface area contributed by atoms with Crippen molar-refractivity contribution in [1.82, 2.24) is 28.9 Å². The van der Waals surface area contributed by atoms with Gasteiger partial charge in [0.05, 0.1) is 11.4 Å². The molecular weight excluding hydrogens is 398 g/mol.